The Hall–Kier alpha value is -4.49. The van der Waals surface area contributed by atoms with Crippen LogP contribution in [0.5, 0.6) is 0 Å². The zero-order valence-electron chi connectivity index (χ0n) is 27.6. The van der Waals surface area contributed by atoms with Crippen molar-refractivity contribution in [1.29, 1.82) is 0 Å². The monoisotopic (exact) mass is 813 g/mol. The Bertz CT molecular complexity index is 2010. The number of hydrogen-bond acceptors (Lipinski definition) is 7. The first kappa shape index (κ1) is 43.9. The van der Waals surface area contributed by atoms with Crippen LogP contribution < -0.4 is 22.1 Å². The minimum absolute atomic E-state index is 0.0169. The summed E-state index contributed by atoms with van der Waals surface area (Å²) in [5.74, 6) is -3.57. The van der Waals surface area contributed by atoms with Crippen molar-refractivity contribution in [3.05, 3.63) is 106 Å². The number of primary amides is 1. The van der Waals surface area contributed by atoms with E-state index < -0.39 is 103 Å². The molecule has 0 radical (unpaired) electrons. The van der Waals surface area contributed by atoms with Gasteiger partial charge < -0.3 is 35.9 Å². The largest absolute Gasteiger partial charge is 0.431 e. The van der Waals surface area contributed by atoms with Crippen molar-refractivity contribution in [2.24, 2.45) is 16.5 Å². The van der Waals surface area contributed by atoms with Crippen molar-refractivity contribution < 1.29 is 73.8 Å². The van der Waals surface area contributed by atoms with Crippen LogP contribution in [0.1, 0.15) is 43.7 Å². The Balaban J connectivity index is 1.99. The number of benzene rings is 3. The van der Waals surface area contributed by atoms with Crippen LogP contribution in [0.25, 0.3) is 0 Å². The van der Waals surface area contributed by atoms with Crippen LogP contribution in [-0.4, -0.2) is 62.3 Å². The van der Waals surface area contributed by atoms with Gasteiger partial charge >= 0.3 is 32.7 Å². The molecular formula is C31H32F7N5O9P2. The molecule has 294 valence electrons. The van der Waals surface area contributed by atoms with E-state index in [0.29, 0.717) is 24.3 Å². The Morgan fingerprint density at radius 3 is 1.54 bits per heavy atom. The molecule has 54 heavy (non-hydrogen) atoms. The maximum Gasteiger partial charge on any atom is 0.431 e. The lowest BCUT2D eigenvalue weighted by Crippen LogP contribution is -2.54. The third-order valence-electron chi connectivity index (χ3n) is 7.96. The van der Waals surface area contributed by atoms with E-state index in [1.807, 2.05) is 0 Å². The smallest absolute Gasteiger partial charge is 0.368 e. The molecule has 0 heterocycles. The summed E-state index contributed by atoms with van der Waals surface area (Å²) in [5.41, 5.74) is -4.86. The van der Waals surface area contributed by atoms with Gasteiger partial charge in [0.2, 0.25) is 17.5 Å². The molecule has 3 aromatic rings. The Morgan fingerprint density at radius 1 is 0.741 bits per heavy atom. The Labute approximate surface area is 301 Å². The first-order chi connectivity index (χ1) is 24.5. The molecule has 0 aliphatic heterocycles. The summed E-state index contributed by atoms with van der Waals surface area (Å²) in [6.45, 7) is 4.20. The van der Waals surface area contributed by atoms with Crippen LogP contribution in [0.2, 0.25) is 0 Å². The lowest BCUT2D eigenvalue weighted by atomic mass is 9.95. The van der Waals surface area contributed by atoms with E-state index in [0.717, 1.165) is 42.5 Å². The summed E-state index contributed by atoms with van der Waals surface area (Å²) in [6, 6.07) is 5.76. The number of carbonyl (C=O) groups is 3. The highest BCUT2D eigenvalue weighted by Crippen LogP contribution is 2.60. The maximum atomic E-state index is 14.2. The van der Waals surface area contributed by atoms with Gasteiger partial charge in [0.05, 0.1) is 0 Å². The molecule has 0 aliphatic carbocycles. The van der Waals surface area contributed by atoms with Gasteiger partial charge in [0.1, 0.15) is 12.1 Å². The van der Waals surface area contributed by atoms with Gasteiger partial charge in [-0.1, -0.05) is 54.6 Å². The number of rotatable bonds is 15. The summed E-state index contributed by atoms with van der Waals surface area (Å²) in [4.78, 5) is 78.4. The normalized spacial score (nSPS) is 15.1. The molecule has 3 rings (SSSR count). The third-order valence-corrected chi connectivity index (χ3v) is 9.94. The van der Waals surface area contributed by atoms with E-state index in [9.17, 15) is 54.2 Å². The molecule has 0 spiro atoms. The molecule has 10 N–H and O–H groups in total. The lowest BCUT2D eigenvalue weighted by molar-refractivity contribution is -0.186. The van der Waals surface area contributed by atoms with Gasteiger partial charge in [-0.2, -0.15) is 30.7 Å². The van der Waals surface area contributed by atoms with Crippen LogP contribution in [0, 0.1) is 6.92 Å². The predicted molar refractivity (Wildman–Crippen MR) is 177 cm³/mol. The number of aryl methyl sites for hydroxylation is 1. The fourth-order valence-electron chi connectivity index (χ4n) is 4.92. The van der Waals surface area contributed by atoms with E-state index in [1.165, 1.54) is 6.92 Å². The second-order valence-electron chi connectivity index (χ2n) is 12.0. The molecule has 3 amide bonds. The Morgan fingerprint density at radius 2 is 1.17 bits per heavy atom. The summed E-state index contributed by atoms with van der Waals surface area (Å²) in [5, 5.41) is 4.49. The predicted octanol–water partition coefficient (Wildman–Crippen LogP) is 3.38. The van der Waals surface area contributed by atoms with Crippen molar-refractivity contribution in [1.82, 2.24) is 10.6 Å². The number of aliphatic imine (C=N–C) groups is 1. The van der Waals surface area contributed by atoms with E-state index >= 15 is 0 Å². The summed E-state index contributed by atoms with van der Waals surface area (Å²) in [6.07, 6.45) is -6.26. The number of nitrogens with zero attached hydrogens (tertiary/aromatic N) is 1. The van der Waals surface area contributed by atoms with Crippen molar-refractivity contribution >= 4 is 39.6 Å². The number of alkyl halides is 7. The SMILES string of the molecule is C=NC(N)(c1cc(C)cc(C(=O)N[C@@H](Cc2ccc(C(F)(F)P(=O)(O)O)cc2)C(=O)N[C@@H](Cc2ccc(C(F)(F)P(=O)(O)O)cc2)C(N)=O)c1)C(F)(F)F. The van der Waals surface area contributed by atoms with Crippen molar-refractivity contribution in [3.8, 4) is 0 Å². The molecule has 23 heteroatoms. The molecule has 0 aliphatic rings. The van der Waals surface area contributed by atoms with Gasteiger partial charge in [-0.25, -0.2) is 0 Å². The topological polar surface area (TPSA) is 255 Å². The van der Waals surface area contributed by atoms with E-state index in [1.54, 1.807) is 0 Å². The zero-order chi connectivity index (χ0) is 41.2. The number of halogens is 7. The average molecular weight is 814 g/mol. The van der Waals surface area contributed by atoms with Crippen molar-refractivity contribution in [2.45, 2.75) is 55.0 Å². The van der Waals surface area contributed by atoms with Crippen molar-refractivity contribution in [2.75, 3.05) is 0 Å². The molecule has 0 saturated carbocycles. The first-order valence-corrected chi connectivity index (χ1v) is 18.2. The summed E-state index contributed by atoms with van der Waals surface area (Å²) < 4.78 is 121. The average Bonchev–Trinajstić information content (AvgIpc) is 3.05. The van der Waals surface area contributed by atoms with Crippen LogP contribution in [0.3, 0.4) is 0 Å². The number of nitrogens with one attached hydrogen (secondary N) is 2. The molecule has 1 unspecified atom stereocenters. The highest BCUT2D eigenvalue weighted by molar-refractivity contribution is 7.52. The van der Waals surface area contributed by atoms with Gasteiger partial charge in [0.25, 0.3) is 5.91 Å². The van der Waals surface area contributed by atoms with Gasteiger partial charge in [-0.15, -0.1) is 0 Å². The van der Waals surface area contributed by atoms with Gasteiger partial charge in [0.15, 0.2) is 0 Å². The van der Waals surface area contributed by atoms with E-state index in [2.05, 4.69) is 22.3 Å². The molecule has 0 fully saturated rings. The quantitative estimate of drug-likeness (QED) is 0.0631. The van der Waals surface area contributed by atoms with Gasteiger partial charge in [0, 0.05) is 35.1 Å². The molecule has 14 nitrogen and oxygen atoms in total. The van der Waals surface area contributed by atoms with E-state index in [-0.39, 0.29) is 16.7 Å². The molecule has 0 bridgehead atoms. The molecule has 0 saturated heterocycles. The van der Waals surface area contributed by atoms with Crippen LogP contribution >= 0.6 is 15.2 Å². The van der Waals surface area contributed by atoms with Crippen LogP contribution in [-0.2, 0) is 48.6 Å². The highest BCUT2D eigenvalue weighted by Gasteiger charge is 2.54. The van der Waals surface area contributed by atoms with Crippen molar-refractivity contribution in [3.63, 3.8) is 0 Å². The molecule has 3 atom stereocenters. The minimum atomic E-state index is -5.97. The number of amides is 3. The molecule has 3 aromatic carbocycles. The van der Waals surface area contributed by atoms with Crippen LogP contribution in [0.15, 0.2) is 71.7 Å². The second kappa shape index (κ2) is 15.7. The minimum Gasteiger partial charge on any atom is -0.368 e. The summed E-state index contributed by atoms with van der Waals surface area (Å²) in [7, 11) is -11.9. The third kappa shape index (κ3) is 9.59. The number of hydrogen-bond donors (Lipinski definition) is 8. The van der Waals surface area contributed by atoms with E-state index in [4.69, 9.17) is 31.0 Å². The fourth-order valence-corrected chi connectivity index (χ4v) is 5.89. The molecule has 0 aromatic heterocycles. The summed E-state index contributed by atoms with van der Waals surface area (Å²) >= 11 is 0. The Kier molecular flexibility index (Phi) is 12.8. The van der Waals surface area contributed by atoms with Crippen LogP contribution in [0.4, 0.5) is 30.7 Å². The molecular weight excluding hydrogens is 781 g/mol. The van der Waals surface area contributed by atoms with Gasteiger partial charge in [-0.3, -0.25) is 34.2 Å². The number of carbonyl (C=O) groups excluding carboxylic acids is 3. The zero-order valence-corrected chi connectivity index (χ0v) is 29.4. The lowest BCUT2D eigenvalue weighted by Gasteiger charge is -2.28. The van der Waals surface area contributed by atoms with Gasteiger partial charge in [-0.05, 0) is 42.5 Å². The maximum absolute atomic E-state index is 14.2. The fraction of sp³-hybridized carbons (Fsp3) is 0.290. The second-order valence-corrected chi connectivity index (χ2v) is 15.3. The first-order valence-electron chi connectivity index (χ1n) is 15.0. The number of nitrogens with two attached hydrogens (primary N) is 2. The standard InChI is InChI=1S/C31H32F7N5O9P2/c1-16-11-19(15-22(12-16)28(40,41-2)31(36,37)38)26(45)43-24(14-18-5-9-21(10-6-18)30(34,35)54(50,51)52)27(46)42-23(25(39)44)13-17-3-7-20(8-4-17)29(32,33)53(47,48)49/h3-12,15,23-24H,2,13-14,40H2,1H3,(H2,39,44)(H,42,46)(H,43,45)(H2,47,48,49)(H2,50,51,52)/t23-,24-,28?/m0/s1. The highest BCUT2D eigenvalue weighted by atomic mass is 31.2.